The summed E-state index contributed by atoms with van der Waals surface area (Å²) in [7, 11) is 0. The van der Waals surface area contributed by atoms with Crippen molar-refractivity contribution in [1.82, 2.24) is 4.09 Å². The number of halogens is 2. The van der Waals surface area contributed by atoms with Crippen LogP contribution in [0.4, 0.5) is 0 Å². The smallest absolute Gasteiger partial charge is 0.0833 e. The first-order valence-corrected chi connectivity index (χ1v) is 3.92. The van der Waals surface area contributed by atoms with E-state index in [0.29, 0.717) is 5.02 Å². The van der Waals surface area contributed by atoms with Crippen molar-refractivity contribution in [1.29, 1.82) is 0 Å². The molecule has 0 amide bonds. The van der Waals surface area contributed by atoms with Crippen LogP contribution in [0.15, 0.2) is 30.5 Å². The molecule has 56 valence electrons. The molecule has 0 saturated carbocycles. The minimum atomic E-state index is 0.683. The third kappa shape index (κ3) is 1.01. The van der Waals surface area contributed by atoms with Gasteiger partial charge in [0.1, 0.15) is 0 Å². The summed E-state index contributed by atoms with van der Waals surface area (Å²) in [4.78, 5) is 0. The third-order valence-electron chi connectivity index (χ3n) is 1.62. The number of hydrogen-bond donors (Lipinski definition) is 0. The summed E-state index contributed by atoms with van der Waals surface area (Å²) in [6.07, 6.45) is 1.78. The maximum Gasteiger partial charge on any atom is 0.0833 e. The quantitative estimate of drug-likeness (QED) is 0.594. The average Bonchev–Trinajstić information content (AvgIpc) is 2.34. The number of fused-ring (bicyclic) bond motifs is 1. The van der Waals surface area contributed by atoms with E-state index < -0.39 is 0 Å². The van der Waals surface area contributed by atoms with E-state index in [4.69, 9.17) is 23.4 Å². The summed E-state index contributed by atoms with van der Waals surface area (Å²) >= 11 is 11.7. The van der Waals surface area contributed by atoms with Gasteiger partial charge in [0.15, 0.2) is 0 Å². The molecule has 0 atom stereocenters. The van der Waals surface area contributed by atoms with E-state index in [0.717, 1.165) is 10.9 Å². The molecule has 0 aliphatic carbocycles. The van der Waals surface area contributed by atoms with E-state index in [-0.39, 0.29) is 0 Å². The van der Waals surface area contributed by atoms with Crippen LogP contribution >= 0.6 is 23.4 Å². The van der Waals surface area contributed by atoms with Gasteiger partial charge in [0, 0.05) is 23.4 Å². The fourth-order valence-corrected chi connectivity index (χ4v) is 1.67. The summed E-state index contributed by atoms with van der Waals surface area (Å²) in [6, 6.07) is 7.62. The first-order valence-electron chi connectivity index (χ1n) is 3.21. The monoisotopic (exact) mass is 185 g/mol. The molecular weight excluding hydrogens is 181 g/mol. The van der Waals surface area contributed by atoms with Crippen LogP contribution in [0, 0.1) is 0 Å². The van der Waals surface area contributed by atoms with E-state index in [2.05, 4.69) is 0 Å². The lowest BCUT2D eigenvalue weighted by Crippen LogP contribution is -1.76. The standard InChI is InChI=1S/C8H5Cl2N/c9-7-3-1-2-6-4-5-11(10)8(6)7/h1-5H. The van der Waals surface area contributed by atoms with Crippen molar-refractivity contribution in [2.75, 3.05) is 0 Å². The number of para-hydroxylation sites is 1. The van der Waals surface area contributed by atoms with Crippen LogP contribution in [-0.2, 0) is 0 Å². The Bertz CT molecular complexity index is 392. The molecule has 0 N–H and O–H groups in total. The van der Waals surface area contributed by atoms with Crippen molar-refractivity contribution in [3.8, 4) is 0 Å². The molecule has 0 aliphatic rings. The van der Waals surface area contributed by atoms with Crippen LogP contribution in [0.1, 0.15) is 0 Å². The van der Waals surface area contributed by atoms with Crippen molar-refractivity contribution >= 4 is 34.3 Å². The normalized spacial score (nSPS) is 10.7. The van der Waals surface area contributed by atoms with Crippen molar-refractivity contribution in [3.63, 3.8) is 0 Å². The van der Waals surface area contributed by atoms with E-state index in [1.807, 2.05) is 24.3 Å². The number of hydrogen-bond acceptors (Lipinski definition) is 0. The Labute approximate surface area is 74.3 Å². The maximum atomic E-state index is 5.90. The highest BCUT2D eigenvalue weighted by atomic mass is 35.5. The van der Waals surface area contributed by atoms with E-state index in [1.54, 1.807) is 6.20 Å². The van der Waals surface area contributed by atoms with E-state index >= 15 is 0 Å². The zero-order chi connectivity index (χ0) is 7.84. The zero-order valence-electron chi connectivity index (χ0n) is 5.59. The van der Waals surface area contributed by atoms with Crippen molar-refractivity contribution in [2.45, 2.75) is 0 Å². The number of rotatable bonds is 0. The average molecular weight is 186 g/mol. The highest BCUT2D eigenvalue weighted by Gasteiger charge is 2.01. The lowest BCUT2D eigenvalue weighted by Gasteiger charge is -1.94. The molecule has 0 unspecified atom stereocenters. The minimum absolute atomic E-state index is 0.683. The molecule has 11 heavy (non-hydrogen) atoms. The highest BCUT2D eigenvalue weighted by Crippen LogP contribution is 2.24. The Kier molecular flexibility index (Phi) is 1.55. The summed E-state index contributed by atoms with van der Waals surface area (Å²) in [6.45, 7) is 0. The number of aromatic nitrogens is 1. The summed E-state index contributed by atoms with van der Waals surface area (Å²) in [5.41, 5.74) is 0.871. The molecule has 0 radical (unpaired) electrons. The van der Waals surface area contributed by atoms with Crippen molar-refractivity contribution in [3.05, 3.63) is 35.5 Å². The maximum absolute atomic E-state index is 5.90. The number of nitrogens with zero attached hydrogens (tertiary/aromatic N) is 1. The highest BCUT2D eigenvalue weighted by molar-refractivity contribution is 6.36. The largest absolute Gasteiger partial charge is 0.259 e. The van der Waals surface area contributed by atoms with Crippen molar-refractivity contribution < 1.29 is 0 Å². The van der Waals surface area contributed by atoms with Gasteiger partial charge < -0.3 is 0 Å². The van der Waals surface area contributed by atoms with Crippen LogP contribution in [0.3, 0.4) is 0 Å². The second kappa shape index (κ2) is 2.43. The van der Waals surface area contributed by atoms with Gasteiger partial charge in [-0.3, -0.25) is 4.09 Å². The van der Waals surface area contributed by atoms with Gasteiger partial charge in [-0.2, -0.15) is 0 Å². The molecule has 2 aromatic rings. The van der Waals surface area contributed by atoms with Gasteiger partial charge in [-0.1, -0.05) is 23.7 Å². The van der Waals surface area contributed by atoms with Gasteiger partial charge in [-0.25, -0.2) is 0 Å². The van der Waals surface area contributed by atoms with Crippen molar-refractivity contribution in [2.24, 2.45) is 0 Å². The first-order chi connectivity index (χ1) is 5.29. The fraction of sp³-hybridized carbons (Fsp3) is 0. The zero-order valence-corrected chi connectivity index (χ0v) is 7.10. The predicted octanol–water partition coefficient (Wildman–Crippen LogP) is 3.30. The second-order valence-electron chi connectivity index (χ2n) is 2.30. The molecule has 1 nitrogen and oxygen atoms in total. The lowest BCUT2D eigenvalue weighted by atomic mass is 10.2. The SMILES string of the molecule is Clc1cccc2ccn(Cl)c12. The van der Waals surface area contributed by atoms with Crippen LogP contribution < -0.4 is 0 Å². The molecule has 2 rings (SSSR count). The molecule has 1 heterocycles. The molecule has 1 aromatic carbocycles. The minimum Gasteiger partial charge on any atom is -0.259 e. The molecule has 0 aliphatic heterocycles. The van der Waals surface area contributed by atoms with Gasteiger partial charge in [-0.15, -0.1) is 0 Å². The molecule has 1 aromatic heterocycles. The molecule has 3 heteroatoms. The Hall–Kier alpha value is -0.660. The van der Waals surface area contributed by atoms with Crippen LogP contribution in [0.2, 0.25) is 5.02 Å². The number of benzene rings is 1. The van der Waals surface area contributed by atoms with Gasteiger partial charge in [0.05, 0.1) is 10.5 Å². The van der Waals surface area contributed by atoms with Crippen LogP contribution in [0.5, 0.6) is 0 Å². The Morgan fingerprint density at radius 1 is 1.18 bits per heavy atom. The molecule has 0 saturated heterocycles. The Balaban J connectivity index is 2.96. The summed E-state index contributed by atoms with van der Waals surface area (Å²) in [5, 5.41) is 1.75. The van der Waals surface area contributed by atoms with Gasteiger partial charge in [-0.05, 0) is 12.1 Å². The summed E-state index contributed by atoms with van der Waals surface area (Å²) in [5.74, 6) is 0. The topological polar surface area (TPSA) is 4.93 Å². The first kappa shape index (κ1) is 7.01. The molecule has 0 spiro atoms. The predicted molar refractivity (Wildman–Crippen MR) is 48.2 cm³/mol. The van der Waals surface area contributed by atoms with E-state index in [1.165, 1.54) is 4.09 Å². The molecular formula is C8H5Cl2N. The lowest BCUT2D eigenvalue weighted by molar-refractivity contribution is 1.33. The Morgan fingerprint density at radius 3 is 2.73 bits per heavy atom. The fourth-order valence-electron chi connectivity index (χ4n) is 1.11. The molecule has 0 fully saturated rings. The van der Waals surface area contributed by atoms with E-state index in [9.17, 15) is 0 Å². The third-order valence-corrected chi connectivity index (χ3v) is 2.20. The van der Waals surface area contributed by atoms with Crippen LogP contribution in [0.25, 0.3) is 10.9 Å². The second-order valence-corrected chi connectivity index (χ2v) is 3.08. The Morgan fingerprint density at radius 2 is 2.00 bits per heavy atom. The summed E-state index contributed by atoms with van der Waals surface area (Å²) < 4.78 is 1.50. The molecule has 0 bridgehead atoms. The van der Waals surface area contributed by atoms with Gasteiger partial charge in [0.25, 0.3) is 0 Å². The van der Waals surface area contributed by atoms with Crippen LogP contribution in [-0.4, -0.2) is 4.09 Å². The van der Waals surface area contributed by atoms with Gasteiger partial charge in [0.2, 0.25) is 0 Å². The van der Waals surface area contributed by atoms with Gasteiger partial charge >= 0.3 is 0 Å².